The first-order valence-electron chi connectivity index (χ1n) is 10.1. The van der Waals surface area contributed by atoms with Crippen molar-refractivity contribution in [3.63, 3.8) is 0 Å². The number of rotatable bonds is 5. The molecule has 0 bridgehead atoms. The minimum Gasteiger partial charge on any atom is -0.468 e. The van der Waals surface area contributed by atoms with Gasteiger partial charge in [0.05, 0.1) is 25.4 Å². The van der Waals surface area contributed by atoms with Gasteiger partial charge in [0.15, 0.2) is 12.4 Å². The zero-order chi connectivity index (χ0) is 21.1. The number of pyridine rings is 1. The number of Topliss-reactive ketones (excluding diaryl/α,β-unsaturated/α-hetero) is 1. The van der Waals surface area contributed by atoms with E-state index in [4.69, 9.17) is 14.2 Å². The number of hydrogen-bond donors (Lipinski definition) is 0. The van der Waals surface area contributed by atoms with Crippen molar-refractivity contribution >= 4 is 11.6 Å². The maximum absolute atomic E-state index is 12.5. The molecule has 0 unspecified atom stereocenters. The molecule has 0 N–H and O–H groups in total. The van der Waals surface area contributed by atoms with Gasteiger partial charge in [0.25, 0.3) is 0 Å². The molecule has 2 aliphatic rings. The van der Waals surface area contributed by atoms with Gasteiger partial charge < -0.3 is 19.1 Å². The number of nitrogens with zero attached hydrogens (tertiary/aromatic N) is 3. The third-order valence-electron chi connectivity index (χ3n) is 5.43. The Hall–Kier alpha value is -2.95. The summed E-state index contributed by atoms with van der Waals surface area (Å²) in [7, 11) is 0. The second-order valence-corrected chi connectivity index (χ2v) is 8.09. The van der Waals surface area contributed by atoms with Gasteiger partial charge in [-0.15, -0.1) is 0 Å². The van der Waals surface area contributed by atoms with E-state index in [1.807, 2.05) is 32.0 Å². The Morgan fingerprint density at radius 2 is 1.97 bits per heavy atom. The van der Waals surface area contributed by atoms with Crippen LogP contribution in [0.3, 0.4) is 0 Å². The van der Waals surface area contributed by atoms with Crippen molar-refractivity contribution in [3.8, 4) is 11.9 Å². The lowest BCUT2D eigenvalue weighted by Crippen LogP contribution is -2.39. The standard InChI is InChI=1S/C23H25N3O4/c1-23(2)12-17-18(13-24)22(29-15-20(27)16-6-4-3-5-7-16)25-21(19(17)14-30-23)26-8-10-28-11-9-26/h3-7H,8-12,14-15H2,1-2H3. The molecule has 3 heterocycles. The maximum Gasteiger partial charge on any atom is 0.234 e. The number of fused-ring (bicyclic) bond motifs is 1. The Bertz CT molecular complexity index is 976. The predicted octanol–water partition coefficient (Wildman–Crippen LogP) is 2.90. The smallest absolute Gasteiger partial charge is 0.234 e. The average molecular weight is 407 g/mol. The largest absolute Gasteiger partial charge is 0.468 e. The Morgan fingerprint density at radius 3 is 2.67 bits per heavy atom. The fraction of sp³-hybridized carbons (Fsp3) is 0.435. The molecule has 0 amide bonds. The van der Waals surface area contributed by atoms with E-state index in [0.717, 1.165) is 16.9 Å². The van der Waals surface area contributed by atoms with Gasteiger partial charge in [-0.1, -0.05) is 30.3 Å². The zero-order valence-corrected chi connectivity index (χ0v) is 17.3. The van der Waals surface area contributed by atoms with E-state index in [1.54, 1.807) is 12.1 Å². The first kappa shape index (κ1) is 20.3. The third-order valence-corrected chi connectivity index (χ3v) is 5.43. The van der Waals surface area contributed by atoms with E-state index in [0.29, 0.717) is 50.5 Å². The summed E-state index contributed by atoms with van der Waals surface area (Å²) >= 11 is 0. The molecule has 2 aromatic rings. The number of morpholine rings is 1. The molecule has 0 radical (unpaired) electrons. The van der Waals surface area contributed by atoms with Gasteiger partial charge >= 0.3 is 0 Å². The van der Waals surface area contributed by atoms with Crippen molar-refractivity contribution in [1.82, 2.24) is 4.98 Å². The first-order chi connectivity index (χ1) is 14.5. The van der Waals surface area contributed by atoms with Crippen LogP contribution in [0.2, 0.25) is 0 Å². The Morgan fingerprint density at radius 1 is 1.23 bits per heavy atom. The molecule has 1 saturated heterocycles. The van der Waals surface area contributed by atoms with E-state index in [9.17, 15) is 10.1 Å². The highest BCUT2D eigenvalue weighted by molar-refractivity contribution is 5.97. The number of nitriles is 1. The van der Waals surface area contributed by atoms with Gasteiger partial charge in [-0.25, -0.2) is 0 Å². The van der Waals surface area contributed by atoms with Crippen molar-refractivity contribution in [2.75, 3.05) is 37.8 Å². The number of carbonyl (C=O) groups is 1. The fourth-order valence-corrected chi connectivity index (χ4v) is 3.82. The van der Waals surface area contributed by atoms with Crippen LogP contribution in [0.4, 0.5) is 5.82 Å². The van der Waals surface area contributed by atoms with E-state index < -0.39 is 0 Å². The molecule has 1 aromatic heterocycles. The summed E-state index contributed by atoms with van der Waals surface area (Å²) < 4.78 is 17.3. The predicted molar refractivity (Wildman–Crippen MR) is 111 cm³/mol. The molecule has 2 aliphatic heterocycles. The number of carbonyl (C=O) groups excluding carboxylic acids is 1. The maximum atomic E-state index is 12.5. The second-order valence-electron chi connectivity index (χ2n) is 8.09. The van der Waals surface area contributed by atoms with Crippen LogP contribution in [0.5, 0.6) is 5.88 Å². The summed E-state index contributed by atoms with van der Waals surface area (Å²) in [4.78, 5) is 19.3. The first-order valence-corrected chi connectivity index (χ1v) is 10.1. The molecule has 7 nitrogen and oxygen atoms in total. The summed E-state index contributed by atoms with van der Waals surface area (Å²) in [5, 5.41) is 9.90. The molecule has 30 heavy (non-hydrogen) atoms. The normalized spacial score (nSPS) is 17.7. The number of anilines is 1. The highest BCUT2D eigenvalue weighted by Gasteiger charge is 2.34. The summed E-state index contributed by atoms with van der Waals surface area (Å²) in [5.74, 6) is 0.806. The van der Waals surface area contributed by atoms with Crippen molar-refractivity contribution < 1.29 is 19.0 Å². The monoisotopic (exact) mass is 407 g/mol. The quantitative estimate of drug-likeness (QED) is 0.705. The average Bonchev–Trinajstić information content (AvgIpc) is 2.77. The highest BCUT2D eigenvalue weighted by atomic mass is 16.5. The van der Waals surface area contributed by atoms with Gasteiger partial charge in [-0.2, -0.15) is 10.2 Å². The molecule has 1 fully saturated rings. The van der Waals surface area contributed by atoms with E-state index in [1.165, 1.54) is 0 Å². The van der Waals surface area contributed by atoms with Crippen LogP contribution < -0.4 is 9.64 Å². The summed E-state index contributed by atoms with van der Waals surface area (Å²) in [5.41, 5.74) is 2.39. The topological polar surface area (TPSA) is 84.7 Å². The van der Waals surface area contributed by atoms with Crippen LogP contribution in [0.15, 0.2) is 30.3 Å². The van der Waals surface area contributed by atoms with Crippen molar-refractivity contribution in [2.45, 2.75) is 32.5 Å². The molecular weight excluding hydrogens is 382 g/mol. The van der Waals surface area contributed by atoms with Gasteiger partial charge in [-0.05, 0) is 19.4 Å². The minimum atomic E-state index is -0.390. The lowest BCUT2D eigenvalue weighted by atomic mass is 9.89. The van der Waals surface area contributed by atoms with Crippen LogP contribution >= 0.6 is 0 Å². The van der Waals surface area contributed by atoms with E-state index in [2.05, 4.69) is 16.0 Å². The Labute approximate surface area is 176 Å². The van der Waals surface area contributed by atoms with Gasteiger partial charge in [0.1, 0.15) is 17.5 Å². The van der Waals surface area contributed by atoms with Gasteiger partial charge in [0, 0.05) is 30.6 Å². The summed E-state index contributed by atoms with van der Waals surface area (Å²) in [6.07, 6.45) is 0.577. The molecule has 1 aromatic carbocycles. The SMILES string of the molecule is CC1(C)Cc2c(C#N)c(OCC(=O)c3ccccc3)nc(N3CCOCC3)c2CO1. The fourth-order valence-electron chi connectivity index (χ4n) is 3.82. The van der Waals surface area contributed by atoms with Crippen molar-refractivity contribution in [3.05, 3.63) is 52.6 Å². The Kier molecular flexibility index (Phi) is 5.71. The molecule has 7 heteroatoms. The van der Waals surface area contributed by atoms with E-state index >= 15 is 0 Å². The zero-order valence-electron chi connectivity index (χ0n) is 17.3. The third kappa shape index (κ3) is 4.16. The number of ether oxygens (including phenoxy) is 3. The number of aromatic nitrogens is 1. The molecule has 156 valence electrons. The Balaban J connectivity index is 1.70. The summed E-state index contributed by atoms with van der Waals surface area (Å²) in [6, 6.07) is 11.2. The number of ketones is 1. The van der Waals surface area contributed by atoms with Gasteiger partial charge in [-0.3, -0.25) is 4.79 Å². The van der Waals surface area contributed by atoms with E-state index in [-0.39, 0.29) is 23.9 Å². The summed E-state index contributed by atoms with van der Waals surface area (Å²) in [6.45, 7) is 6.87. The van der Waals surface area contributed by atoms with Crippen molar-refractivity contribution in [2.24, 2.45) is 0 Å². The van der Waals surface area contributed by atoms with Gasteiger partial charge in [0.2, 0.25) is 5.88 Å². The lowest BCUT2D eigenvalue weighted by Gasteiger charge is -2.36. The second kappa shape index (κ2) is 8.42. The molecule has 0 saturated carbocycles. The van der Waals surface area contributed by atoms with Crippen LogP contribution in [-0.4, -0.2) is 49.3 Å². The molecule has 0 atom stereocenters. The van der Waals surface area contributed by atoms with Crippen molar-refractivity contribution in [1.29, 1.82) is 5.26 Å². The highest BCUT2D eigenvalue weighted by Crippen LogP contribution is 2.38. The molecule has 0 aliphatic carbocycles. The van der Waals surface area contributed by atoms with Crippen LogP contribution in [0.1, 0.15) is 40.9 Å². The number of hydrogen-bond acceptors (Lipinski definition) is 7. The molecular formula is C23H25N3O4. The minimum absolute atomic E-state index is 0.157. The van der Waals surface area contributed by atoms with Crippen LogP contribution in [0.25, 0.3) is 0 Å². The number of benzene rings is 1. The molecule has 4 rings (SSSR count). The van der Waals surface area contributed by atoms with Crippen LogP contribution in [-0.2, 0) is 22.5 Å². The molecule has 0 spiro atoms. The lowest BCUT2D eigenvalue weighted by molar-refractivity contribution is -0.0402. The van der Waals surface area contributed by atoms with Crippen LogP contribution in [0, 0.1) is 11.3 Å².